The molecule has 0 bridgehead atoms. The molecule has 0 saturated heterocycles. The predicted octanol–water partition coefficient (Wildman–Crippen LogP) is 3.90. The zero-order valence-corrected chi connectivity index (χ0v) is 8.32. The van der Waals surface area contributed by atoms with Crippen molar-refractivity contribution in [1.82, 2.24) is 4.98 Å². The number of nitrogens with one attached hydrogen (secondary N) is 1. The molecule has 2 rings (SSSR count). The summed E-state index contributed by atoms with van der Waals surface area (Å²) in [6.07, 6.45) is -1.42. The van der Waals surface area contributed by atoms with Gasteiger partial charge >= 0.3 is 6.18 Å². The number of aromatic nitrogens is 1. The van der Waals surface area contributed by atoms with E-state index < -0.39 is 17.6 Å². The summed E-state index contributed by atoms with van der Waals surface area (Å²) in [6, 6.07) is 1.70. The van der Waals surface area contributed by atoms with E-state index in [2.05, 4.69) is 4.98 Å². The van der Waals surface area contributed by atoms with Crippen LogP contribution >= 0.6 is 0 Å². The van der Waals surface area contributed by atoms with Gasteiger partial charge in [-0.15, -0.1) is 0 Å². The van der Waals surface area contributed by atoms with E-state index in [1.165, 1.54) is 0 Å². The molecule has 0 amide bonds. The summed E-state index contributed by atoms with van der Waals surface area (Å²) in [5.74, 6) is -1.25. The highest BCUT2D eigenvalue weighted by Crippen LogP contribution is 2.34. The van der Waals surface area contributed by atoms with E-state index in [1.54, 1.807) is 19.5 Å². The predicted molar refractivity (Wildman–Crippen MR) is 52.3 cm³/mol. The summed E-state index contributed by atoms with van der Waals surface area (Å²) in [5.41, 5.74) is -0.283. The van der Waals surface area contributed by atoms with Crippen molar-refractivity contribution in [3.63, 3.8) is 0 Å². The maximum absolute atomic E-state index is 13.3. The van der Waals surface area contributed by atoms with Crippen LogP contribution in [0.25, 0.3) is 10.9 Å². The number of hydrogen-bond acceptors (Lipinski definition) is 0. The highest BCUT2D eigenvalue weighted by molar-refractivity contribution is 5.85. The molecule has 1 radical (unpaired) electrons. The summed E-state index contributed by atoms with van der Waals surface area (Å²) in [4.78, 5) is 2.68. The maximum Gasteiger partial charge on any atom is 0.419 e. The van der Waals surface area contributed by atoms with Crippen LogP contribution in [0.4, 0.5) is 17.6 Å². The first kappa shape index (κ1) is 11.0. The van der Waals surface area contributed by atoms with Crippen molar-refractivity contribution in [3.05, 3.63) is 41.7 Å². The van der Waals surface area contributed by atoms with E-state index in [0.29, 0.717) is 10.9 Å². The molecular formula is C11H8F4N. The first-order valence-corrected chi connectivity index (χ1v) is 4.60. The second-order valence-electron chi connectivity index (χ2n) is 3.41. The van der Waals surface area contributed by atoms with Crippen LogP contribution in [0.5, 0.6) is 0 Å². The molecule has 0 saturated carbocycles. The number of benzene rings is 1. The van der Waals surface area contributed by atoms with Gasteiger partial charge < -0.3 is 4.98 Å². The van der Waals surface area contributed by atoms with Crippen molar-refractivity contribution in [2.24, 2.45) is 0 Å². The zero-order valence-electron chi connectivity index (χ0n) is 8.32. The van der Waals surface area contributed by atoms with Crippen molar-refractivity contribution in [1.29, 1.82) is 0 Å². The monoisotopic (exact) mass is 230 g/mol. The van der Waals surface area contributed by atoms with Crippen molar-refractivity contribution in [2.45, 2.75) is 13.1 Å². The topological polar surface area (TPSA) is 15.8 Å². The Bertz CT molecular complexity index is 524. The van der Waals surface area contributed by atoms with Crippen LogP contribution in [0, 0.1) is 12.2 Å². The number of H-pyrrole nitrogens is 1. The minimum atomic E-state index is -4.67. The quantitative estimate of drug-likeness (QED) is 0.715. The fraction of sp³-hybridized carbons (Fsp3) is 0.182. The molecule has 2 aromatic rings. The van der Waals surface area contributed by atoms with Crippen molar-refractivity contribution in [2.75, 3.05) is 0 Å². The van der Waals surface area contributed by atoms with Crippen molar-refractivity contribution < 1.29 is 17.6 Å². The normalized spacial score (nSPS) is 12.3. The molecule has 1 nitrogen and oxygen atoms in total. The fourth-order valence-electron chi connectivity index (χ4n) is 1.62. The standard InChI is InChI=1S/C11H8F4N/c1-2-6-5-16-10-4-8(11(13,14)15)9(12)3-7(6)10/h2-5,16H,1H3. The summed E-state index contributed by atoms with van der Waals surface area (Å²) in [5, 5.41) is 0.452. The van der Waals surface area contributed by atoms with E-state index in [4.69, 9.17) is 0 Å². The van der Waals surface area contributed by atoms with Gasteiger partial charge in [0.2, 0.25) is 0 Å². The number of fused-ring (bicyclic) bond motifs is 1. The lowest BCUT2D eigenvalue weighted by Gasteiger charge is -2.08. The number of aromatic amines is 1. The molecule has 0 spiro atoms. The minimum Gasteiger partial charge on any atom is -0.361 e. The SMILES string of the molecule is C[CH]c1c[nH]c2cc(C(F)(F)F)c(F)cc12. The molecule has 1 aromatic heterocycles. The Morgan fingerprint density at radius 2 is 1.94 bits per heavy atom. The Kier molecular flexibility index (Phi) is 2.40. The number of hydrogen-bond donors (Lipinski definition) is 1. The lowest BCUT2D eigenvalue weighted by atomic mass is 10.1. The average Bonchev–Trinajstić information content (AvgIpc) is 2.57. The second kappa shape index (κ2) is 3.50. The summed E-state index contributed by atoms with van der Waals surface area (Å²) < 4.78 is 50.5. The molecule has 0 aliphatic heterocycles. The Hall–Kier alpha value is -1.52. The zero-order chi connectivity index (χ0) is 11.9. The van der Waals surface area contributed by atoms with Crippen molar-refractivity contribution in [3.8, 4) is 0 Å². The van der Waals surface area contributed by atoms with Crippen LogP contribution in [0.3, 0.4) is 0 Å². The number of halogens is 4. The lowest BCUT2D eigenvalue weighted by Crippen LogP contribution is -2.07. The molecule has 1 N–H and O–H groups in total. The van der Waals surface area contributed by atoms with E-state index in [9.17, 15) is 17.6 Å². The van der Waals surface area contributed by atoms with E-state index in [0.717, 1.165) is 12.1 Å². The molecule has 5 heteroatoms. The smallest absolute Gasteiger partial charge is 0.361 e. The van der Waals surface area contributed by atoms with Gasteiger partial charge in [-0.05, 0) is 24.1 Å². The third-order valence-corrected chi connectivity index (χ3v) is 2.42. The Balaban J connectivity index is 2.69. The second-order valence-corrected chi connectivity index (χ2v) is 3.41. The number of rotatable bonds is 1. The molecule has 0 fully saturated rings. The first-order valence-electron chi connectivity index (χ1n) is 4.60. The van der Waals surface area contributed by atoms with Crippen LogP contribution in [-0.4, -0.2) is 4.98 Å². The Morgan fingerprint density at radius 1 is 1.25 bits per heavy atom. The van der Waals surface area contributed by atoms with Gasteiger partial charge in [-0.1, -0.05) is 6.92 Å². The molecule has 1 aromatic carbocycles. The molecule has 0 unspecified atom stereocenters. The molecule has 16 heavy (non-hydrogen) atoms. The molecule has 0 aliphatic rings. The summed E-state index contributed by atoms with van der Waals surface area (Å²) in [6.45, 7) is 1.73. The average molecular weight is 230 g/mol. The van der Waals surface area contributed by atoms with Crippen LogP contribution in [0.2, 0.25) is 0 Å². The third-order valence-electron chi connectivity index (χ3n) is 2.42. The van der Waals surface area contributed by atoms with Crippen LogP contribution in [0.15, 0.2) is 18.3 Å². The lowest BCUT2D eigenvalue weighted by molar-refractivity contribution is -0.139. The van der Waals surface area contributed by atoms with Gasteiger partial charge in [0, 0.05) is 17.1 Å². The fourth-order valence-corrected chi connectivity index (χ4v) is 1.62. The van der Waals surface area contributed by atoms with E-state index in [1.807, 2.05) is 0 Å². The first-order chi connectivity index (χ1) is 7.43. The Morgan fingerprint density at radius 3 is 2.50 bits per heavy atom. The molecule has 0 atom stereocenters. The minimum absolute atomic E-state index is 0.279. The highest BCUT2D eigenvalue weighted by Gasteiger charge is 2.34. The van der Waals surface area contributed by atoms with Crippen LogP contribution < -0.4 is 0 Å². The van der Waals surface area contributed by atoms with Gasteiger partial charge in [0.1, 0.15) is 5.82 Å². The maximum atomic E-state index is 13.3. The highest BCUT2D eigenvalue weighted by atomic mass is 19.4. The van der Waals surface area contributed by atoms with Gasteiger partial charge in [-0.3, -0.25) is 0 Å². The Labute approximate surface area is 89.1 Å². The number of alkyl halides is 3. The molecular weight excluding hydrogens is 222 g/mol. The van der Waals surface area contributed by atoms with E-state index >= 15 is 0 Å². The van der Waals surface area contributed by atoms with Gasteiger partial charge in [0.15, 0.2) is 0 Å². The molecule has 85 valence electrons. The van der Waals surface area contributed by atoms with Gasteiger partial charge in [0.25, 0.3) is 0 Å². The van der Waals surface area contributed by atoms with E-state index in [-0.39, 0.29) is 5.52 Å². The largest absolute Gasteiger partial charge is 0.419 e. The van der Waals surface area contributed by atoms with Crippen molar-refractivity contribution >= 4 is 10.9 Å². The van der Waals surface area contributed by atoms with Crippen LogP contribution in [0.1, 0.15) is 18.1 Å². The van der Waals surface area contributed by atoms with Crippen LogP contribution in [-0.2, 0) is 6.18 Å². The van der Waals surface area contributed by atoms with Gasteiger partial charge in [-0.25, -0.2) is 4.39 Å². The summed E-state index contributed by atoms with van der Waals surface area (Å²) in [7, 11) is 0. The molecule has 0 aliphatic carbocycles. The van der Waals surface area contributed by atoms with Gasteiger partial charge in [0.05, 0.1) is 5.56 Å². The van der Waals surface area contributed by atoms with Gasteiger partial charge in [-0.2, -0.15) is 13.2 Å². The molecule has 1 heterocycles. The summed E-state index contributed by atoms with van der Waals surface area (Å²) >= 11 is 0. The third kappa shape index (κ3) is 1.66.